The van der Waals surface area contributed by atoms with Crippen molar-refractivity contribution in [2.24, 2.45) is 0 Å². The Kier molecular flexibility index (Phi) is 5.14. The van der Waals surface area contributed by atoms with Crippen molar-refractivity contribution < 1.29 is 4.92 Å². The Labute approximate surface area is 135 Å². The van der Waals surface area contributed by atoms with Crippen LogP contribution in [0.4, 0.5) is 11.4 Å². The minimum Gasteiger partial charge on any atom is -0.377 e. The summed E-state index contributed by atoms with van der Waals surface area (Å²) in [5, 5.41) is 14.6. The number of pyridine rings is 1. The number of hydrogen-bond acceptors (Lipinski definition) is 4. The van der Waals surface area contributed by atoms with E-state index in [1.165, 1.54) is 6.07 Å². The molecule has 1 unspecified atom stereocenters. The highest BCUT2D eigenvalue weighted by molar-refractivity contribution is 9.10. The van der Waals surface area contributed by atoms with Gasteiger partial charge in [0.15, 0.2) is 0 Å². The van der Waals surface area contributed by atoms with Gasteiger partial charge in [-0.25, -0.2) is 4.98 Å². The first-order chi connectivity index (χ1) is 10.0. The van der Waals surface area contributed by atoms with Crippen molar-refractivity contribution in [1.29, 1.82) is 0 Å². The van der Waals surface area contributed by atoms with Crippen LogP contribution in [0.25, 0.3) is 0 Å². The molecule has 0 aliphatic rings. The van der Waals surface area contributed by atoms with Crippen molar-refractivity contribution in [2.45, 2.75) is 19.4 Å². The standard InChI is InChI=1S/C14H13BrClN3O2/c1-2-13(9-4-3-5-11(6-9)19(20)21)18-10-7-12(15)14(16)17-8-10/h3-8,13,18H,2H2,1H3. The van der Waals surface area contributed by atoms with Gasteiger partial charge in [-0.05, 0) is 34.0 Å². The molecule has 1 aromatic carbocycles. The Bertz CT molecular complexity index is 666. The third-order valence-electron chi connectivity index (χ3n) is 3.03. The fourth-order valence-electron chi connectivity index (χ4n) is 1.98. The van der Waals surface area contributed by atoms with Gasteiger partial charge in [0.2, 0.25) is 0 Å². The normalized spacial score (nSPS) is 12.0. The topological polar surface area (TPSA) is 68.1 Å². The fourth-order valence-corrected chi connectivity index (χ4v) is 2.43. The summed E-state index contributed by atoms with van der Waals surface area (Å²) in [5.74, 6) is 0. The van der Waals surface area contributed by atoms with Gasteiger partial charge in [0, 0.05) is 12.1 Å². The van der Waals surface area contributed by atoms with E-state index in [2.05, 4.69) is 26.2 Å². The van der Waals surface area contributed by atoms with Crippen molar-refractivity contribution in [1.82, 2.24) is 4.98 Å². The Morgan fingerprint density at radius 1 is 1.48 bits per heavy atom. The predicted octanol–water partition coefficient (Wildman–Crippen LogP) is 4.97. The van der Waals surface area contributed by atoms with Crippen LogP contribution in [0.5, 0.6) is 0 Å². The zero-order valence-electron chi connectivity index (χ0n) is 11.2. The Balaban J connectivity index is 2.25. The summed E-state index contributed by atoms with van der Waals surface area (Å²) in [6.07, 6.45) is 2.41. The molecule has 1 heterocycles. The van der Waals surface area contributed by atoms with Crippen LogP contribution in [-0.4, -0.2) is 9.91 Å². The highest BCUT2D eigenvalue weighted by Gasteiger charge is 2.14. The average Bonchev–Trinajstić information content (AvgIpc) is 2.48. The van der Waals surface area contributed by atoms with Crippen molar-refractivity contribution in [3.8, 4) is 0 Å². The second-order valence-electron chi connectivity index (χ2n) is 4.45. The lowest BCUT2D eigenvalue weighted by atomic mass is 10.0. The molecule has 2 rings (SSSR count). The van der Waals surface area contributed by atoms with Crippen molar-refractivity contribution in [3.63, 3.8) is 0 Å². The maximum atomic E-state index is 10.9. The predicted molar refractivity (Wildman–Crippen MR) is 86.7 cm³/mol. The van der Waals surface area contributed by atoms with Crippen LogP contribution in [0.1, 0.15) is 24.9 Å². The molecule has 0 fully saturated rings. The van der Waals surface area contributed by atoms with Crippen LogP contribution >= 0.6 is 27.5 Å². The molecule has 7 heteroatoms. The maximum absolute atomic E-state index is 10.9. The third kappa shape index (κ3) is 3.92. The minimum absolute atomic E-state index is 0.0419. The van der Waals surface area contributed by atoms with Gasteiger partial charge >= 0.3 is 0 Å². The van der Waals surface area contributed by atoms with Crippen molar-refractivity contribution in [3.05, 3.63) is 61.8 Å². The molecule has 1 aromatic heterocycles. The monoisotopic (exact) mass is 369 g/mol. The number of hydrogen-bond donors (Lipinski definition) is 1. The SMILES string of the molecule is CCC(Nc1cnc(Cl)c(Br)c1)c1cccc([N+](=O)[O-])c1. The summed E-state index contributed by atoms with van der Waals surface area (Å²) in [7, 11) is 0. The van der Waals surface area contributed by atoms with Gasteiger partial charge in [0.1, 0.15) is 5.15 Å². The average molecular weight is 371 g/mol. The third-order valence-corrected chi connectivity index (χ3v) is 4.16. The number of benzene rings is 1. The minimum atomic E-state index is -0.392. The largest absolute Gasteiger partial charge is 0.377 e. The molecule has 5 nitrogen and oxygen atoms in total. The number of rotatable bonds is 5. The number of nitro groups is 1. The smallest absolute Gasteiger partial charge is 0.269 e. The van der Waals surface area contributed by atoms with Crippen LogP contribution in [0.3, 0.4) is 0 Å². The Hall–Kier alpha value is -1.66. The molecule has 2 aromatic rings. The van der Waals surface area contributed by atoms with E-state index in [-0.39, 0.29) is 11.7 Å². The summed E-state index contributed by atoms with van der Waals surface area (Å²) in [5.41, 5.74) is 1.74. The van der Waals surface area contributed by atoms with E-state index < -0.39 is 4.92 Å². The number of halogens is 2. The van der Waals surface area contributed by atoms with E-state index in [1.807, 2.05) is 19.1 Å². The molecule has 0 bridgehead atoms. The van der Waals surface area contributed by atoms with Gasteiger partial charge in [-0.2, -0.15) is 0 Å². The lowest BCUT2D eigenvalue weighted by Gasteiger charge is -2.18. The van der Waals surface area contributed by atoms with E-state index in [0.717, 1.165) is 17.7 Å². The zero-order chi connectivity index (χ0) is 15.4. The van der Waals surface area contributed by atoms with Crippen LogP contribution < -0.4 is 5.32 Å². The van der Waals surface area contributed by atoms with Gasteiger partial charge in [0.05, 0.1) is 27.3 Å². The zero-order valence-corrected chi connectivity index (χ0v) is 13.6. The summed E-state index contributed by atoms with van der Waals surface area (Å²) in [6, 6.07) is 8.41. The molecule has 1 atom stereocenters. The number of nitrogens with one attached hydrogen (secondary N) is 1. The van der Waals surface area contributed by atoms with Gasteiger partial charge < -0.3 is 5.32 Å². The first kappa shape index (κ1) is 15.7. The summed E-state index contributed by atoms with van der Waals surface area (Å²) in [6.45, 7) is 2.01. The molecular weight excluding hydrogens is 358 g/mol. The molecule has 21 heavy (non-hydrogen) atoms. The highest BCUT2D eigenvalue weighted by atomic mass is 79.9. The van der Waals surface area contributed by atoms with Crippen LogP contribution in [-0.2, 0) is 0 Å². The van der Waals surface area contributed by atoms with E-state index in [9.17, 15) is 10.1 Å². The number of nitrogens with zero attached hydrogens (tertiary/aromatic N) is 2. The lowest BCUT2D eigenvalue weighted by molar-refractivity contribution is -0.384. The first-order valence-corrected chi connectivity index (χ1v) is 7.50. The lowest BCUT2D eigenvalue weighted by Crippen LogP contribution is -2.10. The number of anilines is 1. The van der Waals surface area contributed by atoms with Crippen LogP contribution in [0.2, 0.25) is 5.15 Å². The second kappa shape index (κ2) is 6.87. The molecule has 0 radical (unpaired) electrons. The summed E-state index contributed by atoms with van der Waals surface area (Å²) in [4.78, 5) is 14.5. The molecule has 0 aliphatic carbocycles. The highest BCUT2D eigenvalue weighted by Crippen LogP contribution is 2.28. The molecule has 0 spiro atoms. The molecule has 0 aliphatic heterocycles. The molecule has 0 amide bonds. The van der Waals surface area contributed by atoms with E-state index in [4.69, 9.17) is 11.6 Å². The second-order valence-corrected chi connectivity index (χ2v) is 5.67. The summed E-state index contributed by atoms with van der Waals surface area (Å²) >= 11 is 9.18. The number of aromatic nitrogens is 1. The fraction of sp³-hybridized carbons (Fsp3) is 0.214. The molecule has 0 saturated carbocycles. The van der Waals surface area contributed by atoms with Crippen LogP contribution in [0, 0.1) is 10.1 Å². The maximum Gasteiger partial charge on any atom is 0.269 e. The van der Waals surface area contributed by atoms with E-state index in [0.29, 0.717) is 9.63 Å². The number of nitro benzene ring substituents is 1. The van der Waals surface area contributed by atoms with Gasteiger partial charge in [0.25, 0.3) is 5.69 Å². The molecule has 1 N–H and O–H groups in total. The van der Waals surface area contributed by atoms with Crippen molar-refractivity contribution >= 4 is 38.9 Å². The van der Waals surface area contributed by atoms with Crippen molar-refractivity contribution in [2.75, 3.05) is 5.32 Å². The first-order valence-electron chi connectivity index (χ1n) is 6.33. The van der Waals surface area contributed by atoms with Gasteiger partial charge in [-0.1, -0.05) is 30.7 Å². The van der Waals surface area contributed by atoms with E-state index in [1.54, 1.807) is 18.3 Å². The molecule has 110 valence electrons. The Morgan fingerprint density at radius 2 is 2.24 bits per heavy atom. The summed E-state index contributed by atoms with van der Waals surface area (Å²) < 4.78 is 0.697. The van der Waals surface area contributed by atoms with Gasteiger partial charge in [-0.3, -0.25) is 10.1 Å². The van der Waals surface area contributed by atoms with Crippen LogP contribution in [0.15, 0.2) is 41.0 Å². The molecular formula is C14H13BrClN3O2. The molecule has 0 saturated heterocycles. The Morgan fingerprint density at radius 3 is 2.86 bits per heavy atom. The number of non-ortho nitro benzene ring substituents is 1. The van der Waals surface area contributed by atoms with E-state index >= 15 is 0 Å². The van der Waals surface area contributed by atoms with Gasteiger partial charge in [-0.15, -0.1) is 0 Å². The quantitative estimate of drug-likeness (QED) is 0.458.